The van der Waals surface area contributed by atoms with Gasteiger partial charge >= 0.3 is 0 Å². The van der Waals surface area contributed by atoms with E-state index in [4.69, 9.17) is 9.47 Å². The minimum Gasteiger partial charge on any atom is -0.497 e. The van der Waals surface area contributed by atoms with Crippen LogP contribution in [0.5, 0.6) is 11.5 Å². The molecule has 0 bridgehead atoms. The van der Waals surface area contributed by atoms with Crippen molar-refractivity contribution in [1.82, 2.24) is 5.32 Å². The van der Waals surface area contributed by atoms with Crippen molar-refractivity contribution >= 4 is 5.91 Å². The van der Waals surface area contributed by atoms with Crippen LogP contribution < -0.4 is 14.8 Å². The highest BCUT2D eigenvalue weighted by Crippen LogP contribution is 2.22. The zero-order valence-electron chi connectivity index (χ0n) is 12.2. The first-order valence-electron chi connectivity index (χ1n) is 6.65. The Labute approximate surface area is 115 Å². The van der Waals surface area contributed by atoms with E-state index >= 15 is 0 Å². The fourth-order valence-corrected chi connectivity index (χ4v) is 1.85. The van der Waals surface area contributed by atoms with Crippen LogP contribution in [0.3, 0.4) is 0 Å². The Bertz CT molecular complexity index is 392. The molecule has 0 aliphatic carbocycles. The second-order valence-corrected chi connectivity index (χ2v) is 4.49. The molecule has 1 rings (SSSR count). The molecular formula is C15H23NO3. The van der Waals surface area contributed by atoms with Crippen LogP contribution in [0.25, 0.3) is 0 Å². The van der Waals surface area contributed by atoms with E-state index < -0.39 is 0 Å². The minimum absolute atomic E-state index is 0.0934. The SMILES string of the molecule is CCC(CC)CNC(=O)c1cc(OC)cc(OC)c1. The minimum atomic E-state index is -0.0934. The van der Waals surface area contributed by atoms with E-state index in [0.29, 0.717) is 29.5 Å². The predicted molar refractivity (Wildman–Crippen MR) is 76.0 cm³/mol. The van der Waals surface area contributed by atoms with Crippen LogP contribution in [0.4, 0.5) is 0 Å². The van der Waals surface area contributed by atoms with Crippen LogP contribution in [0, 0.1) is 5.92 Å². The van der Waals surface area contributed by atoms with Crippen molar-refractivity contribution in [2.75, 3.05) is 20.8 Å². The Kier molecular flexibility index (Phi) is 6.19. The monoisotopic (exact) mass is 265 g/mol. The number of hydrogen-bond acceptors (Lipinski definition) is 3. The first kappa shape index (κ1) is 15.3. The van der Waals surface area contributed by atoms with Gasteiger partial charge in [-0.3, -0.25) is 4.79 Å². The van der Waals surface area contributed by atoms with E-state index in [2.05, 4.69) is 19.2 Å². The van der Waals surface area contributed by atoms with Crippen LogP contribution in [0.15, 0.2) is 18.2 Å². The Morgan fingerprint density at radius 1 is 1.11 bits per heavy atom. The summed E-state index contributed by atoms with van der Waals surface area (Å²) in [6.07, 6.45) is 2.14. The highest BCUT2D eigenvalue weighted by atomic mass is 16.5. The number of hydrogen-bond donors (Lipinski definition) is 1. The van der Waals surface area contributed by atoms with Gasteiger partial charge in [0.15, 0.2) is 0 Å². The van der Waals surface area contributed by atoms with E-state index in [1.807, 2.05) is 0 Å². The van der Waals surface area contributed by atoms with Gasteiger partial charge in [0, 0.05) is 18.2 Å². The van der Waals surface area contributed by atoms with Gasteiger partial charge < -0.3 is 14.8 Å². The van der Waals surface area contributed by atoms with Crippen molar-refractivity contribution in [3.63, 3.8) is 0 Å². The largest absolute Gasteiger partial charge is 0.497 e. The number of carbonyl (C=O) groups excluding carboxylic acids is 1. The smallest absolute Gasteiger partial charge is 0.251 e. The molecule has 0 saturated carbocycles. The van der Waals surface area contributed by atoms with Crippen molar-refractivity contribution in [1.29, 1.82) is 0 Å². The molecule has 106 valence electrons. The molecule has 0 unspecified atom stereocenters. The second-order valence-electron chi connectivity index (χ2n) is 4.49. The lowest BCUT2D eigenvalue weighted by molar-refractivity contribution is 0.0945. The van der Waals surface area contributed by atoms with Gasteiger partial charge in [0.25, 0.3) is 5.91 Å². The number of ether oxygens (including phenoxy) is 2. The van der Waals surface area contributed by atoms with Crippen molar-refractivity contribution in [2.24, 2.45) is 5.92 Å². The van der Waals surface area contributed by atoms with E-state index in [1.165, 1.54) is 0 Å². The van der Waals surface area contributed by atoms with Crippen LogP contribution in [0.2, 0.25) is 0 Å². The highest BCUT2D eigenvalue weighted by molar-refractivity contribution is 5.95. The summed E-state index contributed by atoms with van der Waals surface area (Å²) >= 11 is 0. The second kappa shape index (κ2) is 7.67. The first-order chi connectivity index (χ1) is 9.14. The third kappa shape index (κ3) is 4.47. The number of amides is 1. The molecule has 1 N–H and O–H groups in total. The van der Waals surface area contributed by atoms with Crippen LogP contribution in [0.1, 0.15) is 37.0 Å². The van der Waals surface area contributed by atoms with Crippen molar-refractivity contribution in [3.05, 3.63) is 23.8 Å². The summed E-state index contributed by atoms with van der Waals surface area (Å²) < 4.78 is 10.3. The number of benzene rings is 1. The summed E-state index contributed by atoms with van der Waals surface area (Å²) in [4.78, 5) is 12.1. The van der Waals surface area contributed by atoms with E-state index in [1.54, 1.807) is 32.4 Å². The maximum Gasteiger partial charge on any atom is 0.251 e. The Morgan fingerprint density at radius 3 is 2.05 bits per heavy atom. The molecule has 0 fully saturated rings. The molecule has 0 heterocycles. The number of methoxy groups -OCH3 is 2. The molecule has 0 saturated heterocycles. The standard InChI is InChI=1S/C15H23NO3/c1-5-11(6-2)10-16-15(17)12-7-13(18-3)9-14(8-12)19-4/h7-9,11H,5-6,10H2,1-4H3,(H,16,17). The zero-order chi connectivity index (χ0) is 14.3. The van der Waals surface area contributed by atoms with Crippen molar-refractivity contribution in [3.8, 4) is 11.5 Å². The lowest BCUT2D eigenvalue weighted by atomic mass is 10.0. The molecular weight excluding hydrogens is 242 g/mol. The lowest BCUT2D eigenvalue weighted by Crippen LogP contribution is -2.28. The van der Waals surface area contributed by atoms with Gasteiger partial charge in [0.1, 0.15) is 11.5 Å². The summed E-state index contributed by atoms with van der Waals surface area (Å²) in [5, 5.41) is 2.95. The number of rotatable bonds is 7. The Balaban J connectivity index is 2.75. The molecule has 0 spiro atoms. The number of carbonyl (C=O) groups is 1. The van der Waals surface area contributed by atoms with Gasteiger partial charge in [-0.1, -0.05) is 26.7 Å². The molecule has 0 aromatic heterocycles. The summed E-state index contributed by atoms with van der Waals surface area (Å²) in [5.74, 6) is 1.67. The van der Waals surface area contributed by atoms with Crippen molar-refractivity contribution < 1.29 is 14.3 Å². The van der Waals surface area contributed by atoms with Gasteiger partial charge in [0.05, 0.1) is 14.2 Å². The molecule has 4 heteroatoms. The van der Waals surface area contributed by atoms with Gasteiger partial charge in [0.2, 0.25) is 0 Å². The fourth-order valence-electron chi connectivity index (χ4n) is 1.85. The molecule has 0 aliphatic rings. The molecule has 4 nitrogen and oxygen atoms in total. The van der Waals surface area contributed by atoms with Crippen molar-refractivity contribution in [2.45, 2.75) is 26.7 Å². The summed E-state index contributed by atoms with van der Waals surface area (Å²) in [5.41, 5.74) is 0.558. The molecule has 0 atom stereocenters. The molecule has 1 aromatic carbocycles. The lowest BCUT2D eigenvalue weighted by Gasteiger charge is -2.14. The maximum absolute atomic E-state index is 12.1. The van der Waals surface area contributed by atoms with E-state index in [0.717, 1.165) is 12.8 Å². The molecule has 0 radical (unpaired) electrons. The average Bonchev–Trinajstić information content (AvgIpc) is 2.47. The molecule has 19 heavy (non-hydrogen) atoms. The molecule has 0 aliphatic heterocycles. The quantitative estimate of drug-likeness (QED) is 0.824. The van der Waals surface area contributed by atoms with Gasteiger partial charge in [-0.15, -0.1) is 0 Å². The predicted octanol–water partition coefficient (Wildman–Crippen LogP) is 2.87. The number of nitrogens with one attached hydrogen (secondary N) is 1. The summed E-state index contributed by atoms with van der Waals surface area (Å²) in [6, 6.07) is 5.17. The normalized spacial score (nSPS) is 10.4. The van der Waals surface area contributed by atoms with Gasteiger partial charge in [-0.25, -0.2) is 0 Å². The highest BCUT2D eigenvalue weighted by Gasteiger charge is 2.11. The van der Waals surface area contributed by atoms with Crippen LogP contribution >= 0.6 is 0 Å². The molecule has 1 aromatic rings. The van der Waals surface area contributed by atoms with Gasteiger partial charge in [-0.05, 0) is 18.1 Å². The van der Waals surface area contributed by atoms with E-state index in [-0.39, 0.29) is 5.91 Å². The summed E-state index contributed by atoms with van der Waals surface area (Å²) in [6.45, 7) is 4.97. The first-order valence-corrected chi connectivity index (χ1v) is 6.65. The zero-order valence-corrected chi connectivity index (χ0v) is 12.2. The van der Waals surface area contributed by atoms with Gasteiger partial charge in [-0.2, -0.15) is 0 Å². The summed E-state index contributed by atoms with van der Waals surface area (Å²) in [7, 11) is 3.14. The Hall–Kier alpha value is -1.71. The third-order valence-electron chi connectivity index (χ3n) is 3.32. The Morgan fingerprint density at radius 2 is 1.63 bits per heavy atom. The third-order valence-corrected chi connectivity index (χ3v) is 3.32. The topological polar surface area (TPSA) is 47.6 Å². The van der Waals surface area contributed by atoms with E-state index in [9.17, 15) is 4.79 Å². The van der Waals surface area contributed by atoms with Crippen LogP contribution in [-0.4, -0.2) is 26.7 Å². The molecule has 1 amide bonds. The average molecular weight is 265 g/mol. The fraction of sp³-hybridized carbons (Fsp3) is 0.533. The van der Waals surface area contributed by atoms with Crippen LogP contribution in [-0.2, 0) is 0 Å². The maximum atomic E-state index is 12.1.